The summed E-state index contributed by atoms with van der Waals surface area (Å²) in [5, 5.41) is 9.67. The van der Waals surface area contributed by atoms with Crippen molar-refractivity contribution in [2.24, 2.45) is 4.99 Å². The maximum Gasteiger partial charge on any atom is 0.321 e. The van der Waals surface area contributed by atoms with Crippen LogP contribution in [0.5, 0.6) is 0 Å². The number of likely N-dealkylation sites (tertiary alicyclic amines) is 1. The van der Waals surface area contributed by atoms with Gasteiger partial charge in [-0.25, -0.2) is 9.79 Å². The molecule has 0 unspecified atom stereocenters. The van der Waals surface area contributed by atoms with Gasteiger partial charge in [0.05, 0.1) is 6.54 Å². The molecule has 1 aliphatic rings. The fraction of sp³-hybridized carbons (Fsp3) is 0.600. The Morgan fingerprint density at radius 1 is 1.21 bits per heavy atom. The number of carbonyl (C=O) groups excluding carboxylic acids is 1. The minimum absolute atomic E-state index is 0. The smallest absolute Gasteiger partial charge is 0.321 e. The Hall–Kier alpha value is -1.16. The fourth-order valence-corrected chi connectivity index (χ4v) is 3.45. The van der Waals surface area contributed by atoms with E-state index in [2.05, 4.69) is 34.1 Å². The van der Waals surface area contributed by atoms with Crippen molar-refractivity contribution in [2.75, 3.05) is 43.5 Å². The van der Waals surface area contributed by atoms with Gasteiger partial charge in [0, 0.05) is 31.9 Å². The second-order valence-corrected chi connectivity index (χ2v) is 7.63. The van der Waals surface area contributed by atoms with Crippen molar-refractivity contribution in [1.29, 1.82) is 0 Å². The van der Waals surface area contributed by atoms with Crippen molar-refractivity contribution in [2.45, 2.75) is 39.2 Å². The number of thioether (sulfide) groups is 1. The molecule has 1 aromatic carbocycles. The van der Waals surface area contributed by atoms with E-state index >= 15 is 0 Å². The lowest BCUT2D eigenvalue weighted by molar-refractivity contribution is 0.222. The predicted molar refractivity (Wildman–Crippen MR) is 132 cm³/mol. The van der Waals surface area contributed by atoms with Crippen molar-refractivity contribution in [3.05, 3.63) is 29.8 Å². The molecule has 28 heavy (non-hydrogen) atoms. The zero-order chi connectivity index (χ0) is 19.3. The molecule has 158 valence electrons. The monoisotopic (exact) mass is 519 g/mol. The van der Waals surface area contributed by atoms with Gasteiger partial charge < -0.3 is 20.9 Å². The lowest BCUT2D eigenvalue weighted by atomic mass is 10.2. The van der Waals surface area contributed by atoms with Crippen LogP contribution >= 0.6 is 35.7 Å². The molecule has 0 aliphatic carbocycles. The lowest BCUT2D eigenvalue weighted by Gasteiger charge is -2.16. The number of halogens is 1. The Morgan fingerprint density at radius 2 is 2.00 bits per heavy atom. The van der Waals surface area contributed by atoms with E-state index in [-0.39, 0.29) is 30.0 Å². The van der Waals surface area contributed by atoms with Gasteiger partial charge in [-0.2, -0.15) is 11.8 Å². The molecule has 1 aliphatic heterocycles. The summed E-state index contributed by atoms with van der Waals surface area (Å²) in [5.74, 6) is 2.04. The number of nitrogens with zero attached hydrogens (tertiary/aromatic N) is 2. The second kappa shape index (κ2) is 14.8. The van der Waals surface area contributed by atoms with Crippen LogP contribution in [0.1, 0.15) is 38.2 Å². The first-order valence-electron chi connectivity index (χ1n) is 9.89. The van der Waals surface area contributed by atoms with Crippen LogP contribution in [-0.2, 0) is 6.54 Å². The first-order chi connectivity index (χ1) is 13.2. The third-order valence-corrected chi connectivity index (χ3v) is 5.10. The quantitative estimate of drug-likeness (QED) is 0.199. The van der Waals surface area contributed by atoms with Crippen molar-refractivity contribution >= 4 is 53.4 Å². The highest BCUT2D eigenvalue weighted by Crippen LogP contribution is 2.14. The number of hydrogen-bond acceptors (Lipinski definition) is 3. The number of guanidine groups is 1. The molecular formula is C20H34IN5OS. The van der Waals surface area contributed by atoms with Gasteiger partial charge in [0.2, 0.25) is 0 Å². The number of rotatable bonds is 9. The summed E-state index contributed by atoms with van der Waals surface area (Å²) >= 11 is 1.89. The highest BCUT2D eigenvalue weighted by molar-refractivity contribution is 14.0. The normalized spacial score (nSPS) is 13.8. The predicted octanol–water partition coefficient (Wildman–Crippen LogP) is 4.13. The standard InChI is InChI=1S/C20H33N5OS.HI/c1-3-21-19(22-11-4-7-14-27-2)23-16-17-9-8-10-18(15-17)24-20(26)25-12-5-6-13-25;/h8-10,15H,3-7,11-14,16H2,1-2H3,(H,24,26)(H2,21,22,23);1H. The van der Waals surface area contributed by atoms with Gasteiger partial charge in [-0.05, 0) is 62.3 Å². The lowest BCUT2D eigenvalue weighted by Crippen LogP contribution is -2.37. The van der Waals surface area contributed by atoms with Crippen LogP contribution in [0.25, 0.3) is 0 Å². The van der Waals surface area contributed by atoms with Gasteiger partial charge in [0.1, 0.15) is 0 Å². The summed E-state index contributed by atoms with van der Waals surface area (Å²) in [4.78, 5) is 18.8. The molecule has 1 heterocycles. The molecule has 2 rings (SSSR count). The van der Waals surface area contributed by atoms with Gasteiger partial charge in [-0.3, -0.25) is 0 Å². The maximum atomic E-state index is 12.2. The van der Waals surface area contributed by atoms with Gasteiger partial charge >= 0.3 is 6.03 Å². The van der Waals surface area contributed by atoms with Gasteiger partial charge in [0.15, 0.2) is 5.96 Å². The van der Waals surface area contributed by atoms with E-state index in [1.807, 2.05) is 40.9 Å². The number of nitrogens with one attached hydrogen (secondary N) is 3. The highest BCUT2D eigenvalue weighted by atomic mass is 127. The van der Waals surface area contributed by atoms with Crippen molar-refractivity contribution in [3.63, 3.8) is 0 Å². The molecule has 0 spiro atoms. The molecule has 1 fully saturated rings. The molecule has 6 nitrogen and oxygen atoms in total. The summed E-state index contributed by atoms with van der Waals surface area (Å²) in [6, 6.07) is 7.92. The number of urea groups is 1. The minimum Gasteiger partial charge on any atom is -0.357 e. The van der Waals surface area contributed by atoms with Gasteiger partial charge in [0.25, 0.3) is 0 Å². The third-order valence-electron chi connectivity index (χ3n) is 4.40. The minimum atomic E-state index is -0.00611. The Morgan fingerprint density at radius 3 is 2.71 bits per heavy atom. The largest absolute Gasteiger partial charge is 0.357 e. The first kappa shape index (κ1) is 24.9. The third kappa shape index (κ3) is 9.36. The number of carbonyl (C=O) groups is 1. The fourth-order valence-electron chi connectivity index (χ4n) is 2.96. The first-order valence-corrected chi connectivity index (χ1v) is 11.3. The average molecular weight is 519 g/mol. The zero-order valence-corrected chi connectivity index (χ0v) is 20.1. The molecule has 0 radical (unpaired) electrons. The summed E-state index contributed by atoms with van der Waals surface area (Å²) < 4.78 is 0. The van der Waals surface area contributed by atoms with Crippen LogP contribution in [-0.4, -0.2) is 55.1 Å². The maximum absolute atomic E-state index is 12.2. The molecule has 0 atom stereocenters. The van der Waals surface area contributed by atoms with Crippen LogP contribution in [0, 0.1) is 0 Å². The topological polar surface area (TPSA) is 68.8 Å². The summed E-state index contributed by atoms with van der Waals surface area (Å²) in [6.45, 7) is 6.11. The van der Waals surface area contributed by atoms with Crippen LogP contribution in [0.15, 0.2) is 29.3 Å². The Kier molecular flexibility index (Phi) is 13.1. The summed E-state index contributed by atoms with van der Waals surface area (Å²) in [6.07, 6.45) is 6.69. The van der Waals surface area contributed by atoms with Gasteiger partial charge in [-0.1, -0.05) is 12.1 Å². The van der Waals surface area contributed by atoms with Crippen LogP contribution in [0.4, 0.5) is 10.5 Å². The Bertz CT molecular complexity index is 608. The van der Waals surface area contributed by atoms with E-state index in [4.69, 9.17) is 0 Å². The molecule has 3 N–H and O–H groups in total. The Labute approximate surface area is 190 Å². The second-order valence-electron chi connectivity index (χ2n) is 6.65. The van der Waals surface area contributed by atoms with Crippen LogP contribution in [0.2, 0.25) is 0 Å². The number of benzene rings is 1. The number of unbranched alkanes of at least 4 members (excludes halogenated alkanes) is 1. The molecule has 0 saturated carbocycles. The van der Waals surface area contributed by atoms with E-state index in [0.29, 0.717) is 6.54 Å². The molecule has 0 aromatic heterocycles. The number of amides is 2. The van der Waals surface area contributed by atoms with Crippen molar-refractivity contribution in [1.82, 2.24) is 15.5 Å². The Balaban J connectivity index is 0.00000392. The summed E-state index contributed by atoms with van der Waals surface area (Å²) in [5.41, 5.74) is 1.91. The number of hydrogen-bond donors (Lipinski definition) is 3. The van der Waals surface area contributed by atoms with Crippen molar-refractivity contribution < 1.29 is 4.79 Å². The molecule has 1 aromatic rings. The number of anilines is 1. The average Bonchev–Trinajstić information content (AvgIpc) is 3.21. The summed E-state index contributed by atoms with van der Waals surface area (Å²) in [7, 11) is 0. The van der Waals surface area contributed by atoms with E-state index < -0.39 is 0 Å². The molecule has 2 amide bonds. The molecule has 8 heteroatoms. The van der Waals surface area contributed by atoms with E-state index in [9.17, 15) is 4.79 Å². The SMILES string of the molecule is CCNC(=NCc1cccc(NC(=O)N2CCCC2)c1)NCCCCSC.I. The van der Waals surface area contributed by atoms with E-state index in [1.54, 1.807) is 0 Å². The van der Waals surface area contributed by atoms with Crippen molar-refractivity contribution in [3.8, 4) is 0 Å². The zero-order valence-electron chi connectivity index (χ0n) is 17.0. The van der Waals surface area contributed by atoms with Gasteiger partial charge in [-0.15, -0.1) is 24.0 Å². The number of aliphatic imine (C=N–C) groups is 1. The molecular weight excluding hydrogens is 485 g/mol. The van der Waals surface area contributed by atoms with E-state index in [0.717, 1.165) is 62.7 Å². The highest BCUT2D eigenvalue weighted by Gasteiger charge is 2.17. The molecule has 1 saturated heterocycles. The van der Waals surface area contributed by atoms with E-state index in [1.165, 1.54) is 12.2 Å². The van der Waals surface area contributed by atoms with Crippen LogP contribution in [0.3, 0.4) is 0 Å². The molecule has 0 bridgehead atoms. The van der Waals surface area contributed by atoms with Crippen LogP contribution < -0.4 is 16.0 Å².